The summed E-state index contributed by atoms with van der Waals surface area (Å²) in [6.07, 6.45) is 2.95. The number of likely N-dealkylation sites (N-methyl/N-ethyl adjacent to an activating group) is 1. The topological polar surface area (TPSA) is 41.6 Å². The number of carbonyl (C=O) groups excluding carboxylic acids is 1. The van der Waals surface area contributed by atoms with Gasteiger partial charge in [-0.2, -0.15) is 0 Å². The molecule has 1 N–H and O–H groups in total. The molecule has 4 heteroatoms. The summed E-state index contributed by atoms with van der Waals surface area (Å²) in [5.41, 5.74) is -0.542. The van der Waals surface area contributed by atoms with Crippen molar-refractivity contribution < 1.29 is 9.53 Å². The Morgan fingerprint density at radius 2 is 2.00 bits per heavy atom. The van der Waals surface area contributed by atoms with Gasteiger partial charge in [-0.05, 0) is 60.2 Å². The monoisotopic (exact) mass is 258 g/mol. The predicted octanol–water partition coefficient (Wildman–Crippen LogP) is 2.04. The molecule has 1 atom stereocenters. The van der Waals surface area contributed by atoms with Crippen molar-refractivity contribution in [2.45, 2.75) is 58.5 Å². The number of hydrogen-bond acceptors (Lipinski definition) is 4. The van der Waals surface area contributed by atoms with Crippen LogP contribution in [0.2, 0.25) is 0 Å². The highest BCUT2D eigenvalue weighted by atomic mass is 16.5. The molecule has 0 aliphatic heterocycles. The Hall–Kier alpha value is -0.610. The lowest BCUT2D eigenvalue weighted by atomic mass is 9.94. The maximum Gasteiger partial charge on any atom is 0.325 e. The Kier molecular flexibility index (Phi) is 8.20. The lowest BCUT2D eigenvalue weighted by Gasteiger charge is -2.28. The van der Waals surface area contributed by atoms with Crippen LogP contribution >= 0.6 is 0 Å². The Bertz CT molecular complexity index is 244. The van der Waals surface area contributed by atoms with Gasteiger partial charge in [-0.3, -0.25) is 4.79 Å². The molecule has 0 aromatic carbocycles. The molecule has 4 nitrogen and oxygen atoms in total. The van der Waals surface area contributed by atoms with Gasteiger partial charge in [0.05, 0.1) is 7.11 Å². The molecule has 0 rings (SSSR count). The van der Waals surface area contributed by atoms with Crippen molar-refractivity contribution in [3.8, 4) is 0 Å². The number of nitrogens with zero attached hydrogens (tertiary/aromatic N) is 1. The molecule has 0 radical (unpaired) electrons. The van der Waals surface area contributed by atoms with E-state index in [4.69, 9.17) is 4.74 Å². The molecule has 0 bridgehead atoms. The van der Waals surface area contributed by atoms with E-state index in [2.05, 4.69) is 31.1 Å². The number of rotatable bonds is 9. The second-order valence-corrected chi connectivity index (χ2v) is 5.39. The van der Waals surface area contributed by atoms with E-state index in [1.807, 2.05) is 13.8 Å². The molecule has 0 amide bonds. The van der Waals surface area contributed by atoms with Crippen LogP contribution in [0.1, 0.15) is 47.0 Å². The first-order valence-corrected chi connectivity index (χ1v) is 6.91. The van der Waals surface area contributed by atoms with Gasteiger partial charge in [0, 0.05) is 6.04 Å². The minimum absolute atomic E-state index is 0.165. The van der Waals surface area contributed by atoms with E-state index in [-0.39, 0.29) is 5.97 Å². The molecule has 0 saturated heterocycles. The quantitative estimate of drug-likeness (QED) is 0.507. The summed E-state index contributed by atoms with van der Waals surface area (Å²) in [7, 11) is 3.58. The summed E-state index contributed by atoms with van der Waals surface area (Å²) in [4.78, 5) is 14.1. The molecule has 0 saturated carbocycles. The highest BCUT2D eigenvalue weighted by molar-refractivity contribution is 5.80. The maximum absolute atomic E-state index is 11.8. The molecular weight excluding hydrogens is 228 g/mol. The molecule has 1 unspecified atom stereocenters. The molecule has 0 aromatic heterocycles. The molecule has 0 heterocycles. The van der Waals surface area contributed by atoms with Crippen molar-refractivity contribution in [2.75, 3.05) is 27.2 Å². The molecule has 0 aromatic rings. The van der Waals surface area contributed by atoms with Gasteiger partial charge < -0.3 is 15.0 Å². The molecule has 18 heavy (non-hydrogen) atoms. The van der Waals surface area contributed by atoms with Crippen molar-refractivity contribution in [1.82, 2.24) is 10.2 Å². The fourth-order valence-corrected chi connectivity index (χ4v) is 1.98. The average Bonchev–Trinajstić information content (AvgIpc) is 2.33. The molecule has 0 aliphatic carbocycles. The van der Waals surface area contributed by atoms with E-state index < -0.39 is 5.54 Å². The van der Waals surface area contributed by atoms with E-state index in [1.165, 1.54) is 7.11 Å². The van der Waals surface area contributed by atoms with Gasteiger partial charge in [0.1, 0.15) is 5.54 Å². The van der Waals surface area contributed by atoms with Gasteiger partial charge in [-0.25, -0.2) is 0 Å². The van der Waals surface area contributed by atoms with E-state index in [0.717, 1.165) is 32.4 Å². The van der Waals surface area contributed by atoms with E-state index in [1.54, 1.807) is 0 Å². The fraction of sp³-hybridized carbons (Fsp3) is 0.929. The Morgan fingerprint density at radius 3 is 2.44 bits per heavy atom. The summed E-state index contributed by atoms with van der Waals surface area (Å²) >= 11 is 0. The van der Waals surface area contributed by atoms with Crippen LogP contribution in [0.5, 0.6) is 0 Å². The Labute approximate surface area is 112 Å². The lowest BCUT2D eigenvalue weighted by molar-refractivity contribution is -0.148. The van der Waals surface area contributed by atoms with Gasteiger partial charge >= 0.3 is 5.97 Å². The first-order valence-electron chi connectivity index (χ1n) is 6.91. The highest BCUT2D eigenvalue weighted by Gasteiger charge is 2.32. The largest absolute Gasteiger partial charge is 0.468 e. The van der Waals surface area contributed by atoms with Crippen molar-refractivity contribution in [2.24, 2.45) is 0 Å². The van der Waals surface area contributed by atoms with E-state index in [9.17, 15) is 4.79 Å². The lowest BCUT2D eigenvalue weighted by Crippen LogP contribution is -2.50. The van der Waals surface area contributed by atoms with Gasteiger partial charge in [0.15, 0.2) is 0 Å². The first kappa shape index (κ1) is 17.4. The third-order valence-corrected chi connectivity index (χ3v) is 3.52. The third kappa shape index (κ3) is 5.83. The number of carbonyl (C=O) groups is 1. The first-order chi connectivity index (χ1) is 8.37. The standard InChI is InChI=1S/C14H30N2O2/c1-7-15-14(4,13(17)18-6)10-8-9-11-16(5)12(2)3/h12,15H,7-11H2,1-6H3. The number of ether oxygens (including phenoxy) is 1. The highest BCUT2D eigenvalue weighted by Crippen LogP contribution is 2.16. The fourth-order valence-electron chi connectivity index (χ4n) is 1.98. The zero-order valence-corrected chi connectivity index (χ0v) is 12.9. The zero-order valence-electron chi connectivity index (χ0n) is 12.9. The summed E-state index contributed by atoms with van der Waals surface area (Å²) in [5.74, 6) is -0.165. The minimum atomic E-state index is -0.542. The predicted molar refractivity (Wildman–Crippen MR) is 75.7 cm³/mol. The van der Waals surface area contributed by atoms with Crippen molar-refractivity contribution in [1.29, 1.82) is 0 Å². The molecule has 0 spiro atoms. The number of unbranched alkanes of at least 4 members (excludes halogenated alkanes) is 1. The second-order valence-electron chi connectivity index (χ2n) is 5.39. The van der Waals surface area contributed by atoms with Crippen LogP contribution in [0.25, 0.3) is 0 Å². The van der Waals surface area contributed by atoms with Gasteiger partial charge in [0.2, 0.25) is 0 Å². The SMILES string of the molecule is CCNC(C)(CCCCN(C)C(C)C)C(=O)OC. The van der Waals surface area contributed by atoms with Gasteiger partial charge in [-0.15, -0.1) is 0 Å². The van der Waals surface area contributed by atoms with Crippen molar-refractivity contribution >= 4 is 5.97 Å². The molecule has 108 valence electrons. The second kappa shape index (κ2) is 8.48. The zero-order chi connectivity index (χ0) is 14.2. The van der Waals surface area contributed by atoms with Crippen LogP contribution in [0.4, 0.5) is 0 Å². The maximum atomic E-state index is 11.8. The van der Waals surface area contributed by atoms with Crippen molar-refractivity contribution in [3.05, 3.63) is 0 Å². The number of hydrogen-bond donors (Lipinski definition) is 1. The summed E-state index contributed by atoms with van der Waals surface area (Å²) < 4.78 is 4.87. The van der Waals surface area contributed by atoms with Crippen LogP contribution < -0.4 is 5.32 Å². The summed E-state index contributed by atoms with van der Waals surface area (Å²) in [5, 5.41) is 3.23. The molecule has 0 fully saturated rings. The van der Waals surface area contributed by atoms with Crippen LogP contribution in [-0.4, -0.2) is 49.7 Å². The Morgan fingerprint density at radius 1 is 1.39 bits per heavy atom. The van der Waals surface area contributed by atoms with Crippen LogP contribution in [-0.2, 0) is 9.53 Å². The normalized spacial score (nSPS) is 14.9. The third-order valence-electron chi connectivity index (χ3n) is 3.52. The van der Waals surface area contributed by atoms with Crippen molar-refractivity contribution in [3.63, 3.8) is 0 Å². The van der Waals surface area contributed by atoms with E-state index >= 15 is 0 Å². The van der Waals surface area contributed by atoms with Gasteiger partial charge in [-0.1, -0.05) is 6.92 Å². The van der Waals surface area contributed by atoms with Crippen LogP contribution in [0, 0.1) is 0 Å². The van der Waals surface area contributed by atoms with Crippen LogP contribution in [0.3, 0.4) is 0 Å². The minimum Gasteiger partial charge on any atom is -0.468 e. The molecular formula is C14H30N2O2. The smallest absolute Gasteiger partial charge is 0.325 e. The summed E-state index contributed by atoms with van der Waals surface area (Å²) in [6, 6.07) is 0.575. The summed E-state index contributed by atoms with van der Waals surface area (Å²) in [6.45, 7) is 10.2. The number of nitrogens with one attached hydrogen (secondary N) is 1. The van der Waals surface area contributed by atoms with E-state index in [0.29, 0.717) is 6.04 Å². The number of esters is 1. The molecule has 0 aliphatic rings. The number of methoxy groups -OCH3 is 1. The Balaban J connectivity index is 4.09. The van der Waals surface area contributed by atoms with Crippen LogP contribution in [0.15, 0.2) is 0 Å². The average molecular weight is 258 g/mol. The van der Waals surface area contributed by atoms with Gasteiger partial charge in [0.25, 0.3) is 0 Å².